The number of primary amides is 1. The summed E-state index contributed by atoms with van der Waals surface area (Å²) in [5.74, 6) is 0.344. The summed E-state index contributed by atoms with van der Waals surface area (Å²) in [4.78, 5) is 13.2. The largest absolute Gasteiger partial charge is 0.368 e. The first kappa shape index (κ1) is 12.5. The van der Waals surface area contributed by atoms with Gasteiger partial charge in [-0.05, 0) is 38.6 Å². The minimum atomic E-state index is -0.491. The third-order valence-electron chi connectivity index (χ3n) is 3.60. The van der Waals surface area contributed by atoms with Crippen molar-refractivity contribution in [2.75, 3.05) is 13.1 Å². The van der Waals surface area contributed by atoms with Crippen LogP contribution in [0.3, 0.4) is 0 Å². The average molecular weight is 213 g/mol. The average Bonchev–Trinajstić information content (AvgIpc) is 2.19. The van der Waals surface area contributed by atoms with Crippen LogP contribution in [0.4, 0.5) is 0 Å². The molecule has 4 nitrogen and oxygen atoms in total. The molecule has 0 spiro atoms. The monoisotopic (exact) mass is 213 g/mol. The van der Waals surface area contributed by atoms with Gasteiger partial charge < -0.3 is 16.4 Å². The van der Waals surface area contributed by atoms with Crippen molar-refractivity contribution < 1.29 is 4.79 Å². The van der Waals surface area contributed by atoms with E-state index in [4.69, 9.17) is 11.5 Å². The fraction of sp³-hybridized carbons (Fsp3) is 0.909. The van der Waals surface area contributed by atoms with Crippen LogP contribution in [0.25, 0.3) is 0 Å². The molecular formula is C11H23N3O. The number of carbonyl (C=O) groups is 1. The van der Waals surface area contributed by atoms with Crippen molar-refractivity contribution in [3.63, 3.8) is 0 Å². The molecule has 0 bridgehead atoms. The Labute approximate surface area is 92.0 Å². The first-order valence-corrected chi connectivity index (χ1v) is 5.81. The highest BCUT2D eigenvalue weighted by Gasteiger charge is 2.24. The van der Waals surface area contributed by atoms with E-state index in [-0.39, 0.29) is 0 Å². The van der Waals surface area contributed by atoms with E-state index in [1.54, 1.807) is 0 Å². The number of hydrogen-bond donors (Lipinski definition) is 2. The van der Waals surface area contributed by atoms with E-state index in [1.807, 2.05) is 0 Å². The zero-order chi connectivity index (χ0) is 11.4. The van der Waals surface area contributed by atoms with Crippen LogP contribution in [-0.2, 0) is 4.79 Å². The van der Waals surface area contributed by atoms with Crippen LogP contribution < -0.4 is 11.5 Å². The van der Waals surface area contributed by atoms with Gasteiger partial charge in [-0.1, -0.05) is 6.92 Å². The second kappa shape index (κ2) is 5.47. The number of nitrogens with zero attached hydrogens (tertiary/aromatic N) is 1. The summed E-state index contributed by atoms with van der Waals surface area (Å²) in [7, 11) is 0. The lowest BCUT2D eigenvalue weighted by molar-refractivity contribution is -0.119. The van der Waals surface area contributed by atoms with E-state index in [2.05, 4.69) is 18.7 Å². The number of piperidine rings is 1. The molecule has 4 N–H and O–H groups in total. The highest BCUT2D eigenvalue weighted by Crippen LogP contribution is 2.22. The predicted molar refractivity (Wildman–Crippen MR) is 61.2 cm³/mol. The Balaban J connectivity index is 2.34. The van der Waals surface area contributed by atoms with Crippen LogP contribution in [0, 0.1) is 5.92 Å². The quantitative estimate of drug-likeness (QED) is 0.706. The Morgan fingerprint density at radius 1 is 1.53 bits per heavy atom. The zero-order valence-corrected chi connectivity index (χ0v) is 9.78. The molecule has 88 valence electrons. The molecule has 15 heavy (non-hydrogen) atoms. The molecule has 0 saturated carbocycles. The topological polar surface area (TPSA) is 72.3 Å². The summed E-state index contributed by atoms with van der Waals surface area (Å²) in [6, 6.07) is 0.105. The van der Waals surface area contributed by atoms with Crippen LogP contribution in [-0.4, -0.2) is 36.0 Å². The lowest BCUT2D eigenvalue weighted by Crippen LogP contribution is -2.46. The van der Waals surface area contributed by atoms with Crippen molar-refractivity contribution in [1.82, 2.24) is 4.90 Å². The SMILES string of the molecule is CC1CCCN(CCC(N)C(N)=O)C1C. The third-order valence-corrected chi connectivity index (χ3v) is 3.60. The molecule has 1 aliphatic rings. The minimum absolute atomic E-state index is 0.396. The number of hydrogen-bond acceptors (Lipinski definition) is 3. The summed E-state index contributed by atoms with van der Waals surface area (Å²) in [5, 5.41) is 0. The maximum atomic E-state index is 10.8. The lowest BCUT2D eigenvalue weighted by atomic mass is 9.92. The highest BCUT2D eigenvalue weighted by molar-refractivity contribution is 5.79. The molecule has 1 heterocycles. The third kappa shape index (κ3) is 3.47. The normalized spacial score (nSPS) is 30.1. The van der Waals surface area contributed by atoms with Gasteiger partial charge in [0.05, 0.1) is 6.04 Å². The van der Waals surface area contributed by atoms with Crippen molar-refractivity contribution in [3.05, 3.63) is 0 Å². The second-order valence-electron chi connectivity index (χ2n) is 4.69. The Hall–Kier alpha value is -0.610. The van der Waals surface area contributed by atoms with Crippen LogP contribution in [0.2, 0.25) is 0 Å². The first-order valence-electron chi connectivity index (χ1n) is 5.81. The fourth-order valence-electron chi connectivity index (χ4n) is 2.18. The second-order valence-corrected chi connectivity index (χ2v) is 4.69. The summed E-state index contributed by atoms with van der Waals surface area (Å²) in [6.07, 6.45) is 3.23. The molecule has 0 aromatic carbocycles. The Kier molecular flexibility index (Phi) is 4.54. The number of nitrogens with two attached hydrogens (primary N) is 2. The molecule has 4 heteroatoms. The summed E-state index contributed by atoms with van der Waals surface area (Å²) >= 11 is 0. The molecule has 0 radical (unpaired) electrons. The highest BCUT2D eigenvalue weighted by atomic mass is 16.1. The van der Waals surface area contributed by atoms with Gasteiger partial charge in [0.1, 0.15) is 0 Å². The van der Waals surface area contributed by atoms with E-state index in [1.165, 1.54) is 12.8 Å². The van der Waals surface area contributed by atoms with Gasteiger partial charge in [0.2, 0.25) is 5.91 Å². The zero-order valence-electron chi connectivity index (χ0n) is 9.78. The molecular weight excluding hydrogens is 190 g/mol. The van der Waals surface area contributed by atoms with Crippen molar-refractivity contribution >= 4 is 5.91 Å². The summed E-state index contributed by atoms with van der Waals surface area (Å²) in [5.41, 5.74) is 10.7. The molecule has 0 aliphatic carbocycles. The maximum absolute atomic E-state index is 10.8. The maximum Gasteiger partial charge on any atom is 0.234 e. The number of likely N-dealkylation sites (tertiary alicyclic amines) is 1. The summed E-state index contributed by atoms with van der Waals surface area (Å²) < 4.78 is 0. The number of carbonyl (C=O) groups excluding carboxylic acids is 1. The van der Waals surface area contributed by atoms with Gasteiger partial charge in [0.25, 0.3) is 0 Å². The molecule has 1 amide bonds. The molecule has 1 fully saturated rings. The first-order chi connectivity index (χ1) is 7.02. The van der Waals surface area contributed by atoms with Gasteiger partial charge in [-0.3, -0.25) is 4.79 Å². The van der Waals surface area contributed by atoms with Crippen LogP contribution in [0.5, 0.6) is 0 Å². The van der Waals surface area contributed by atoms with E-state index in [0.717, 1.165) is 19.0 Å². The molecule has 0 aromatic heterocycles. The Morgan fingerprint density at radius 3 is 2.80 bits per heavy atom. The molecule has 1 saturated heterocycles. The van der Waals surface area contributed by atoms with E-state index in [9.17, 15) is 4.79 Å². The number of amides is 1. The molecule has 1 rings (SSSR count). The number of rotatable bonds is 4. The van der Waals surface area contributed by atoms with Crippen molar-refractivity contribution in [2.45, 2.75) is 45.2 Å². The minimum Gasteiger partial charge on any atom is -0.368 e. The van der Waals surface area contributed by atoms with E-state index in [0.29, 0.717) is 12.5 Å². The van der Waals surface area contributed by atoms with Gasteiger partial charge in [-0.25, -0.2) is 0 Å². The van der Waals surface area contributed by atoms with Crippen LogP contribution in [0.15, 0.2) is 0 Å². The summed E-state index contributed by atoms with van der Waals surface area (Å²) in [6.45, 7) is 6.54. The van der Waals surface area contributed by atoms with Gasteiger partial charge in [-0.2, -0.15) is 0 Å². The van der Waals surface area contributed by atoms with Gasteiger partial charge in [-0.15, -0.1) is 0 Å². The smallest absolute Gasteiger partial charge is 0.234 e. The molecule has 1 aliphatic heterocycles. The van der Waals surface area contributed by atoms with Crippen LogP contribution in [0.1, 0.15) is 33.1 Å². The lowest BCUT2D eigenvalue weighted by Gasteiger charge is -2.38. The van der Waals surface area contributed by atoms with Gasteiger partial charge in [0, 0.05) is 12.6 Å². The predicted octanol–water partition coefficient (Wildman–Crippen LogP) is 0.310. The molecule has 3 unspecified atom stereocenters. The van der Waals surface area contributed by atoms with Gasteiger partial charge in [0.15, 0.2) is 0 Å². The Bertz CT molecular complexity index is 220. The van der Waals surface area contributed by atoms with Crippen LogP contribution >= 0.6 is 0 Å². The standard InChI is InChI=1S/C11H23N3O/c1-8-4-3-6-14(9(8)2)7-5-10(12)11(13)15/h8-10H,3-7,12H2,1-2H3,(H2,13,15). The van der Waals surface area contributed by atoms with Gasteiger partial charge >= 0.3 is 0 Å². The molecule has 3 atom stereocenters. The van der Waals surface area contributed by atoms with E-state index >= 15 is 0 Å². The Morgan fingerprint density at radius 2 is 2.20 bits per heavy atom. The van der Waals surface area contributed by atoms with Crippen molar-refractivity contribution in [3.8, 4) is 0 Å². The van der Waals surface area contributed by atoms with Crippen molar-refractivity contribution in [1.29, 1.82) is 0 Å². The fourth-order valence-corrected chi connectivity index (χ4v) is 2.18. The van der Waals surface area contributed by atoms with Crippen molar-refractivity contribution in [2.24, 2.45) is 17.4 Å². The molecule has 0 aromatic rings. The van der Waals surface area contributed by atoms with E-state index < -0.39 is 11.9 Å².